The first-order valence-electron chi connectivity index (χ1n) is 6.38. The Morgan fingerprint density at radius 3 is 2.55 bits per heavy atom. The molecule has 0 aromatic heterocycles. The zero-order valence-corrected chi connectivity index (χ0v) is 11.1. The number of phenolic OH excluding ortho intramolecular Hbond substituents is 1. The maximum absolute atomic E-state index is 12.9. The molecule has 1 heterocycles. The van der Waals surface area contributed by atoms with E-state index in [9.17, 15) is 19.1 Å². The highest BCUT2D eigenvalue weighted by atomic mass is 19.1. The van der Waals surface area contributed by atoms with Crippen molar-refractivity contribution >= 4 is 11.9 Å². The van der Waals surface area contributed by atoms with Gasteiger partial charge in [-0.15, -0.1) is 0 Å². The molecule has 2 rings (SSSR count). The zero-order chi connectivity index (χ0) is 14.7. The van der Waals surface area contributed by atoms with Crippen LogP contribution >= 0.6 is 0 Å². The van der Waals surface area contributed by atoms with Gasteiger partial charge in [-0.3, -0.25) is 9.59 Å². The zero-order valence-electron chi connectivity index (χ0n) is 11.1. The first-order chi connectivity index (χ1) is 9.52. The van der Waals surface area contributed by atoms with Crippen molar-refractivity contribution in [2.24, 2.45) is 5.92 Å². The number of halogens is 1. The average molecular weight is 281 g/mol. The van der Waals surface area contributed by atoms with Gasteiger partial charge in [0.2, 0.25) is 0 Å². The molecule has 0 spiro atoms. The van der Waals surface area contributed by atoms with Crippen LogP contribution in [0, 0.1) is 11.7 Å². The number of aromatic hydroxyl groups is 1. The van der Waals surface area contributed by atoms with Gasteiger partial charge in [-0.25, -0.2) is 4.39 Å². The molecule has 1 saturated heterocycles. The number of likely N-dealkylation sites (tertiary alicyclic amines) is 1. The second kappa shape index (κ2) is 5.90. The van der Waals surface area contributed by atoms with E-state index in [1.807, 2.05) is 0 Å². The number of esters is 1. The van der Waals surface area contributed by atoms with Gasteiger partial charge in [0.1, 0.15) is 11.6 Å². The second-order valence-corrected chi connectivity index (χ2v) is 4.75. The van der Waals surface area contributed by atoms with Crippen molar-refractivity contribution in [3.63, 3.8) is 0 Å². The Labute approximate surface area is 116 Å². The van der Waals surface area contributed by atoms with Gasteiger partial charge >= 0.3 is 5.97 Å². The third-order valence-electron chi connectivity index (χ3n) is 3.51. The van der Waals surface area contributed by atoms with E-state index >= 15 is 0 Å². The molecule has 0 aliphatic carbocycles. The summed E-state index contributed by atoms with van der Waals surface area (Å²) in [5.74, 6) is -1.77. The molecule has 1 aliphatic heterocycles. The van der Waals surface area contributed by atoms with Gasteiger partial charge in [-0.1, -0.05) is 0 Å². The Hall–Kier alpha value is -2.11. The van der Waals surface area contributed by atoms with Crippen LogP contribution in [0.4, 0.5) is 4.39 Å². The van der Waals surface area contributed by atoms with Crippen LogP contribution in [0.1, 0.15) is 23.2 Å². The maximum atomic E-state index is 12.9. The van der Waals surface area contributed by atoms with Crippen LogP contribution in [0.15, 0.2) is 18.2 Å². The summed E-state index contributed by atoms with van der Waals surface area (Å²) >= 11 is 0. The Balaban J connectivity index is 2.03. The quantitative estimate of drug-likeness (QED) is 0.835. The molecule has 0 radical (unpaired) electrons. The topological polar surface area (TPSA) is 66.8 Å². The molecule has 1 fully saturated rings. The number of piperidine rings is 1. The van der Waals surface area contributed by atoms with Crippen LogP contribution < -0.4 is 0 Å². The average Bonchev–Trinajstić information content (AvgIpc) is 2.46. The molecule has 1 aromatic rings. The van der Waals surface area contributed by atoms with E-state index in [2.05, 4.69) is 4.74 Å². The Bertz CT molecular complexity index is 524. The summed E-state index contributed by atoms with van der Waals surface area (Å²) in [6, 6.07) is 3.31. The number of rotatable bonds is 2. The summed E-state index contributed by atoms with van der Waals surface area (Å²) in [6.45, 7) is 0.824. The van der Waals surface area contributed by atoms with Crippen LogP contribution in [-0.4, -0.2) is 42.1 Å². The lowest BCUT2D eigenvalue weighted by Crippen LogP contribution is -2.40. The van der Waals surface area contributed by atoms with Crippen molar-refractivity contribution in [1.29, 1.82) is 0 Å². The minimum absolute atomic E-state index is 0.0721. The number of amides is 1. The Kier molecular flexibility index (Phi) is 4.22. The fourth-order valence-electron chi connectivity index (χ4n) is 2.34. The normalized spacial score (nSPS) is 16.0. The molecule has 1 aliphatic rings. The van der Waals surface area contributed by atoms with Crippen LogP contribution in [-0.2, 0) is 9.53 Å². The number of nitrogens with zero attached hydrogens (tertiary/aromatic N) is 1. The summed E-state index contributed by atoms with van der Waals surface area (Å²) in [5.41, 5.74) is 0.0721. The standard InChI is InChI=1S/C14H16FNO4/c1-20-14(19)9-4-6-16(7-5-9)13(18)11-3-2-10(15)8-12(11)17/h2-3,8-9,17H,4-7H2,1H3. The van der Waals surface area contributed by atoms with Crippen LogP contribution in [0.3, 0.4) is 0 Å². The second-order valence-electron chi connectivity index (χ2n) is 4.75. The summed E-state index contributed by atoms with van der Waals surface area (Å²) < 4.78 is 17.6. The number of methoxy groups -OCH3 is 1. The lowest BCUT2D eigenvalue weighted by molar-refractivity contribution is -0.146. The van der Waals surface area contributed by atoms with Crippen LogP contribution in [0.2, 0.25) is 0 Å². The molecule has 0 bridgehead atoms. The van der Waals surface area contributed by atoms with Gasteiger partial charge < -0.3 is 14.7 Å². The number of ether oxygens (including phenoxy) is 1. The molecule has 0 atom stereocenters. The van der Waals surface area contributed by atoms with E-state index in [0.29, 0.717) is 25.9 Å². The molecule has 6 heteroatoms. The molecule has 5 nitrogen and oxygen atoms in total. The van der Waals surface area contributed by atoms with Gasteiger partial charge in [-0.2, -0.15) is 0 Å². The molecule has 0 saturated carbocycles. The highest BCUT2D eigenvalue weighted by Crippen LogP contribution is 2.24. The largest absolute Gasteiger partial charge is 0.507 e. The lowest BCUT2D eigenvalue weighted by Gasteiger charge is -2.30. The number of carbonyl (C=O) groups excluding carboxylic acids is 2. The minimum Gasteiger partial charge on any atom is -0.507 e. The van der Waals surface area contributed by atoms with Gasteiger partial charge in [0.05, 0.1) is 18.6 Å². The van der Waals surface area contributed by atoms with E-state index in [0.717, 1.165) is 12.1 Å². The number of benzene rings is 1. The molecular formula is C14H16FNO4. The molecule has 1 amide bonds. The predicted molar refractivity (Wildman–Crippen MR) is 68.7 cm³/mol. The van der Waals surface area contributed by atoms with Gasteiger partial charge in [-0.05, 0) is 25.0 Å². The summed E-state index contributed by atoms with van der Waals surface area (Å²) in [5, 5.41) is 9.61. The third-order valence-corrected chi connectivity index (χ3v) is 3.51. The number of hydrogen-bond acceptors (Lipinski definition) is 4. The van der Waals surface area contributed by atoms with E-state index in [4.69, 9.17) is 0 Å². The van der Waals surface area contributed by atoms with E-state index in [1.54, 1.807) is 4.90 Å². The van der Waals surface area contributed by atoms with E-state index in [1.165, 1.54) is 13.2 Å². The number of hydrogen-bond donors (Lipinski definition) is 1. The number of carbonyl (C=O) groups is 2. The van der Waals surface area contributed by atoms with Gasteiger partial charge in [0.25, 0.3) is 5.91 Å². The van der Waals surface area contributed by atoms with Crippen molar-refractivity contribution in [1.82, 2.24) is 4.90 Å². The van der Waals surface area contributed by atoms with Crippen molar-refractivity contribution in [3.05, 3.63) is 29.6 Å². The van der Waals surface area contributed by atoms with E-state index in [-0.39, 0.29) is 29.1 Å². The Morgan fingerprint density at radius 2 is 2.00 bits per heavy atom. The smallest absolute Gasteiger partial charge is 0.308 e. The highest BCUT2D eigenvalue weighted by molar-refractivity contribution is 5.97. The minimum atomic E-state index is -0.594. The van der Waals surface area contributed by atoms with Crippen molar-refractivity contribution in [3.8, 4) is 5.75 Å². The summed E-state index contributed by atoms with van der Waals surface area (Å²) in [7, 11) is 1.34. The maximum Gasteiger partial charge on any atom is 0.308 e. The molecule has 20 heavy (non-hydrogen) atoms. The van der Waals surface area contributed by atoms with Crippen molar-refractivity contribution in [2.45, 2.75) is 12.8 Å². The molecule has 0 unspecified atom stereocenters. The SMILES string of the molecule is COC(=O)C1CCN(C(=O)c2ccc(F)cc2O)CC1. The summed E-state index contributed by atoms with van der Waals surface area (Å²) in [6.07, 6.45) is 1.06. The molecule has 1 aromatic carbocycles. The summed E-state index contributed by atoms with van der Waals surface area (Å²) in [4.78, 5) is 25.2. The predicted octanol–water partition coefficient (Wildman–Crippen LogP) is 1.56. The van der Waals surface area contributed by atoms with Gasteiger partial charge in [0.15, 0.2) is 0 Å². The lowest BCUT2D eigenvalue weighted by atomic mass is 9.96. The number of phenols is 1. The molecular weight excluding hydrogens is 265 g/mol. The monoisotopic (exact) mass is 281 g/mol. The van der Waals surface area contributed by atoms with Gasteiger partial charge in [0, 0.05) is 19.2 Å². The fourth-order valence-corrected chi connectivity index (χ4v) is 2.34. The first-order valence-corrected chi connectivity index (χ1v) is 6.38. The Morgan fingerprint density at radius 1 is 1.35 bits per heavy atom. The third kappa shape index (κ3) is 2.89. The highest BCUT2D eigenvalue weighted by Gasteiger charge is 2.29. The van der Waals surface area contributed by atoms with Crippen molar-refractivity contribution < 1.29 is 23.8 Å². The first kappa shape index (κ1) is 14.3. The molecule has 108 valence electrons. The fraction of sp³-hybridized carbons (Fsp3) is 0.429. The van der Waals surface area contributed by atoms with E-state index < -0.39 is 5.82 Å². The van der Waals surface area contributed by atoms with Crippen LogP contribution in [0.5, 0.6) is 5.75 Å². The van der Waals surface area contributed by atoms with Crippen LogP contribution in [0.25, 0.3) is 0 Å². The molecule has 1 N–H and O–H groups in total. The van der Waals surface area contributed by atoms with Crippen molar-refractivity contribution in [2.75, 3.05) is 20.2 Å².